The van der Waals surface area contributed by atoms with Crippen LogP contribution in [0.15, 0.2) is 0 Å². The van der Waals surface area contributed by atoms with Gasteiger partial charge in [0.2, 0.25) is 0 Å². The van der Waals surface area contributed by atoms with Gasteiger partial charge in [-0.3, -0.25) is 14.2 Å². The van der Waals surface area contributed by atoms with Crippen LogP contribution in [0, 0.1) is 5.92 Å². The summed E-state index contributed by atoms with van der Waals surface area (Å²) < 4.78 is 32.1. The van der Waals surface area contributed by atoms with Gasteiger partial charge in [-0.25, -0.2) is 0 Å². The molecule has 0 atom stereocenters. The van der Waals surface area contributed by atoms with Crippen molar-refractivity contribution in [1.29, 1.82) is 0 Å². The second kappa shape index (κ2) is 9.91. The van der Waals surface area contributed by atoms with E-state index in [4.69, 9.17) is 18.5 Å². The predicted octanol–water partition coefficient (Wildman–Crippen LogP) is 1.99. The van der Waals surface area contributed by atoms with Crippen molar-refractivity contribution in [3.8, 4) is 0 Å². The van der Waals surface area contributed by atoms with Crippen molar-refractivity contribution < 1.29 is 32.7 Å². The summed E-state index contributed by atoms with van der Waals surface area (Å²) in [7, 11) is -3.53. The maximum absolute atomic E-state index is 12.4. The fourth-order valence-electron chi connectivity index (χ4n) is 1.49. The smallest absolute Gasteiger partial charge is 0.332 e. The Kier molecular flexibility index (Phi) is 9.46. The second-order valence-corrected chi connectivity index (χ2v) is 5.79. The number of hydrogen-bond acceptors (Lipinski definition) is 7. The molecule has 0 bridgehead atoms. The van der Waals surface area contributed by atoms with Crippen LogP contribution in [-0.4, -0.2) is 44.5 Å². The van der Waals surface area contributed by atoms with Crippen LogP contribution in [0.5, 0.6) is 0 Å². The molecule has 0 rings (SSSR count). The van der Waals surface area contributed by atoms with Crippen molar-refractivity contribution >= 4 is 19.5 Å². The van der Waals surface area contributed by atoms with Crippen molar-refractivity contribution in [2.24, 2.45) is 5.92 Å². The number of esters is 2. The zero-order valence-electron chi connectivity index (χ0n) is 12.4. The van der Waals surface area contributed by atoms with Gasteiger partial charge in [0.1, 0.15) is 0 Å². The first kappa shape index (κ1) is 19.1. The van der Waals surface area contributed by atoms with Gasteiger partial charge in [0.25, 0.3) is 0 Å². The van der Waals surface area contributed by atoms with Crippen molar-refractivity contribution in [1.82, 2.24) is 0 Å². The Morgan fingerprint density at radius 3 is 1.55 bits per heavy atom. The maximum atomic E-state index is 12.4. The highest BCUT2D eigenvalue weighted by Crippen LogP contribution is 2.49. The molecule has 0 N–H and O–H groups in total. The van der Waals surface area contributed by atoms with E-state index >= 15 is 0 Å². The van der Waals surface area contributed by atoms with Gasteiger partial charge in [-0.15, -0.1) is 0 Å². The molecule has 0 aromatic rings. The van der Waals surface area contributed by atoms with Gasteiger partial charge in [0, 0.05) is 0 Å². The molecule has 0 radical (unpaired) electrons. The third-order valence-corrected chi connectivity index (χ3v) is 4.32. The molecule has 7 nitrogen and oxygen atoms in total. The first-order chi connectivity index (χ1) is 9.44. The van der Waals surface area contributed by atoms with E-state index in [1.54, 1.807) is 27.7 Å². The highest BCUT2D eigenvalue weighted by atomic mass is 31.2. The Hall–Kier alpha value is -0.910. The molecule has 0 saturated carbocycles. The minimum atomic E-state index is -3.53. The molecule has 0 aliphatic heterocycles. The number of ether oxygens (including phenoxy) is 2. The molecule has 0 amide bonds. The predicted molar refractivity (Wildman–Crippen MR) is 72.5 cm³/mol. The summed E-state index contributed by atoms with van der Waals surface area (Å²) in [5.74, 6) is -2.88. The Labute approximate surface area is 119 Å². The van der Waals surface area contributed by atoms with Crippen LogP contribution in [0.2, 0.25) is 0 Å². The average molecular weight is 310 g/mol. The highest BCUT2D eigenvalue weighted by Gasteiger charge is 2.39. The minimum absolute atomic E-state index is 0.113. The topological polar surface area (TPSA) is 88.1 Å². The molecule has 0 saturated heterocycles. The van der Waals surface area contributed by atoms with Crippen LogP contribution < -0.4 is 0 Å². The lowest BCUT2D eigenvalue weighted by Crippen LogP contribution is -2.31. The summed E-state index contributed by atoms with van der Waals surface area (Å²) in [4.78, 5) is 23.6. The van der Waals surface area contributed by atoms with E-state index in [1.807, 2.05) is 0 Å². The van der Waals surface area contributed by atoms with Gasteiger partial charge >= 0.3 is 19.5 Å². The van der Waals surface area contributed by atoms with Crippen molar-refractivity contribution in [2.75, 3.05) is 32.6 Å². The molecule has 0 aliphatic carbocycles. The van der Waals surface area contributed by atoms with E-state index in [1.165, 1.54) is 0 Å². The molecule has 0 heterocycles. The van der Waals surface area contributed by atoms with Crippen LogP contribution in [0.1, 0.15) is 27.7 Å². The second-order valence-electron chi connectivity index (χ2n) is 3.69. The summed E-state index contributed by atoms with van der Waals surface area (Å²) >= 11 is 0. The third kappa shape index (κ3) is 6.50. The standard InChI is InChI=1S/C12H23O7P/c1-5-16-11(13)10(12(14)17-6-2)9-20(15,18-7-3)19-8-4/h10H,5-9H2,1-4H3. The van der Waals surface area contributed by atoms with Crippen LogP contribution in [0.25, 0.3) is 0 Å². The molecule has 0 aromatic heterocycles. The normalized spacial score (nSPS) is 11.4. The Morgan fingerprint density at radius 2 is 1.25 bits per heavy atom. The summed E-state index contributed by atoms with van der Waals surface area (Å²) in [6.45, 7) is 7.05. The third-order valence-electron chi connectivity index (χ3n) is 2.20. The minimum Gasteiger partial charge on any atom is -0.465 e. The van der Waals surface area contributed by atoms with E-state index in [-0.39, 0.29) is 32.6 Å². The van der Waals surface area contributed by atoms with Crippen LogP contribution in [-0.2, 0) is 32.7 Å². The molecule has 0 unspecified atom stereocenters. The number of rotatable bonds is 10. The average Bonchev–Trinajstić information content (AvgIpc) is 2.37. The van der Waals surface area contributed by atoms with Gasteiger partial charge < -0.3 is 18.5 Å². The van der Waals surface area contributed by atoms with Crippen molar-refractivity contribution in [3.05, 3.63) is 0 Å². The highest BCUT2D eigenvalue weighted by molar-refractivity contribution is 7.53. The molecular weight excluding hydrogens is 287 g/mol. The lowest BCUT2D eigenvalue weighted by Gasteiger charge is -2.21. The summed E-state index contributed by atoms with van der Waals surface area (Å²) in [6.07, 6.45) is -0.383. The van der Waals surface area contributed by atoms with Crippen molar-refractivity contribution in [3.63, 3.8) is 0 Å². The van der Waals surface area contributed by atoms with Gasteiger partial charge in [0.05, 0.1) is 32.6 Å². The first-order valence-electron chi connectivity index (χ1n) is 6.65. The van der Waals surface area contributed by atoms with Crippen LogP contribution in [0.4, 0.5) is 0 Å². The Morgan fingerprint density at radius 1 is 0.850 bits per heavy atom. The zero-order chi connectivity index (χ0) is 15.6. The molecule has 0 aliphatic rings. The van der Waals surface area contributed by atoms with E-state index in [0.29, 0.717) is 0 Å². The molecule has 0 fully saturated rings. The van der Waals surface area contributed by atoms with E-state index in [9.17, 15) is 14.2 Å². The molecule has 0 aromatic carbocycles. The Bertz CT molecular complexity index is 328. The lowest BCUT2D eigenvalue weighted by atomic mass is 10.2. The Balaban J connectivity index is 5.05. The molecule has 8 heteroatoms. The van der Waals surface area contributed by atoms with Gasteiger partial charge in [-0.2, -0.15) is 0 Å². The number of carbonyl (C=O) groups excluding carboxylic acids is 2. The largest absolute Gasteiger partial charge is 0.465 e. The molecule has 0 spiro atoms. The maximum Gasteiger partial charge on any atom is 0.332 e. The number of hydrogen-bond donors (Lipinski definition) is 0. The summed E-state index contributed by atoms with van der Waals surface area (Å²) in [5.41, 5.74) is 0. The quantitative estimate of drug-likeness (QED) is 0.346. The van der Waals surface area contributed by atoms with E-state index in [2.05, 4.69) is 0 Å². The van der Waals surface area contributed by atoms with Crippen molar-refractivity contribution in [2.45, 2.75) is 27.7 Å². The summed E-state index contributed by atoms with van der Waals surface area (Å²) in [5, 5.41) is 0. The molecule has 118 valence electrons. The first-order valence-corrected chi connectivity index (χ1v) is 8.38. The van der Waals surface area contributed by atoms with Crippen LogP contribution >= 0.6 is 7.60 Å². The van der Waals surface area contributed by atoms with Gasteiger partial charge in [-0.05, 0) is 27.7 Å². The van der Waals surface area contributed by atoms with Crippen LogP contribution in [0.3, 0.4) is 0 Å². The van der Waals surface area contributed by atoms with E-state index in [0.717, 1.165) is 0 Å². The number of carbonyl (C=O) groups is 2. The van der Waals surface area contributed by atoms with E-state index < -0.39 is 25.5 Å². The fourth-order valence-corrected chi connectivity index (χ4v) is 3.31. The molecular formula is C12H23O7P. The monoisotopic (exact) mass is 310 g/mol. The van der Waals surface area contributed by atoms with Gasteiger partial charge in [-0.1, -0.05) is 0 Å². The SMILES string of the molecule is CCOC(=O)C(CP(=O)(OCC)OCC)C(=O)OCC. The summed E-state index contributed by atoms with van der Waals surface area (Å²) in [6, 6.07) is 0. The van der Waals surface area contributed by atoms with Gasteiger partial charge in [0.15, 0.2) is 5.92 Å². The lowest BCUT2D eigenvalue weighted by molar-refractivity contribution is -0.160. The fraction of sp³-hybridized carbons (Fsp3) is 0.833. The zero-order valence-corrected chi connectivity index (χ0v) is 13.3. The molecule has 20 heavy (non-hydrogen) atoms.